The van der Waals surface area contributed by atoms with Crippen molar-refractivity contribution in [2.75, 3.05) is 31.1 Å². The van der Waals surface area contributed by atoms with Crippen LogP contribution in [0.2, 0.25) is 5.02 Å². The summed E-state index contributed by atoms with van der Waals surface area (Å²) < 4.78 is 1.99. The van der Waals surface area contributed by atoms with Gasteiger partial charge in [-0.05, 0) is 24.3 Å². The van der Waals surface area contributed by atoms with Crippen LogP contribution in [-0.4, -0.2) is 45.4 Å². The predicted octanol–water partition coefficient (Wildman–Crippen LogP) is 2.70. The van der Waals surface area contributed by atoms with Crippen LogP contribution in [0.15, 0.2) is 48.9 Å². The SMILES string of the molecule is Clc1ccc2nc(CN3CCN(c4ccccn4)CC3)cn2c1. The first-order valence-corrected chi connectivity index (χ1v) is 8.17. The first kappa shape index (κ1) is 14.5. The fraction of sp³-hybridized carbons (Fsp3) is 0.294. The summed E-state index contributed by atoms with van der Waals surface area (Å²) in [6.07, 6.45) is 5.81. The van der Waals surface area contributed by atoms with Gasteiger partial charge in [0.15, 0.2) is 0 Å². The van der Waals surface area contributed by atoms with Crippen LogP contribution in [-0.2, 0) is 6.54 Å². The molecule has 1 aliphatic rings. The second-order valence-electron chi connectivity index (χ2n) is 5.80. The Bertz CT molecular complexity index is 793. The van der Waals surface area contributed by atoms with Gasteiger partial charge in [-0.2, -0.15) is 0 Å². The summed E-state index contributed by atoms with van der Waals surface area (Å²) in [5, 5.41) is 0.727. The highest BCUT2D eigenvalue weighted by Crippen LogP contribution is 2.16. The van der Waals surface area contributed by atoms with E-state index in [1.165, 1.54) is 0 Å². The molecule has 0 spiro atoms. The molecule has 0 radical (unpaired) electrons. The lowest BCUT2D eigenvalue weighted by Crippen LogP contribution is -2.46. The number of pyridine rings is 2. The minimum Gasteiger partial charge on any atom is -0.354 e. The zero-order valence-corrected chi connectivity index (χ0v) is 13.5. The highest BCUT2D eigenvalue weighted by atomic mass is 35.5. The Hall–Kier alpha value is -2.11. The van der Waals surface area contributed by atoms with Gasteiger partial charge in [-0.3, -0.25) is 4.90 Å². The number of nitrogens with zero attached hydrogens (tertiary/aromatic N) is 5. The van der Waals surface area contributed by atoms with Crippen LogP contribution in [0.25, 0.3) is 5.65 Å². The third-order valence-electron chi connectivity index (χ3n) is 4.20. The van der Waals surface area contributed by atoms with E-state index < -0.39 is 0 Å². The van der Waals surface area contributed by atoms with Gasteiger partial charge in [-0.15, -0.1) is 0 Å². The number of halogens is 1. The molecule has 5 nitrogen and oxygen atoms in total. The van der Waals surface area contributed by atoms with E-state index >= 15 is 0 Å². The number of imidazole rings is 1. The van der Waals surface area contributed by atoms with Crippen molar-refractivity contribution in [3.63, 3.8) is 0 Å². The minimum absolute atomic E-state index is 0.727. The van der Waals surface area contributed by atoms with E-state index in [9.17, 15) is 0 Å². The molecule has 1 saturated heterocycles. The maximum absolute atomic E-state index is 6.02. The summed E-state index contributed by atoms with van der Waals surface area (Å²) in [5.41, 5.74) is 2.02. The van der Waals surface area contributed by atoms with Gasteiger partial charge in [0.2, 0.25) is 0 Å². The molecule has 0 aliphatic carbocycles. The average Bonchev–Trinajstić information content (AvgIpc) is 2.97. The summed E-state index contributed by atoms with van der Waals surface area (Å²) in [7, 11) is 0. The Balaban J connectivity index is 1.40. The Labute approximate surface area is 140 Å². The molecule has 23 heavy (non-hydrogen) atoms. The molecule has 0 atom stereocenters. The van der Waals surface area contributed by atoms with Crippen LogP contribution < -0.4 is 4.90 Å². The molecule has 6 heteroatoms. The molecule has 0 bridgehead atoms. The lowest BCUT2D eigenvalue weighted by Gasteiger charge is -2.35. The van der Waals surface area contributed by atoms with E-state index in [0.29, 0.717) is 0 Å². The number of anilines is 1. The fourth-order valence-electron chi connectivity index (χ4n) is 3.00. The number of aromatic nitrogens is 3. The summed E-state index contributed by atoms with van der Waals surface area (Å²) in [6, 6.07) is 9.89. The minimum atomic E-state index is 0.727. The molecule has 1 aliphatic heterocycles. The average molecular weight is 328 g/mol. The second kappa shape index (κ2) is 6.18. The molecule has 0 unspecified atom stereocenters. The Morgan fingerprint density at radius 1 is 1.00 bits per heavy atom. The van der Waals surface area contributed by atoms with Gasteiger partial charge in [-0.25, -0.2) is 9.97 Å². The van der Waals surface area contributed by atoms with Crippen molar-refractivity contribution < 1.29 is 0 Å². The molecule has 0 amide bonds. The molecule has 118 valence electrons. The summed E-state index contributed by atoms with van der Waals surface area (Å²) in [4.78, 5) is 13.9. The number of hydrogen-bond donors (Lipinski definition) is 0. The lowest BCUT2D eigenvalue weighted by molar-refractivity contribution is 0.247. The first-order valence-electron chi connectivity index (χ1n) is 7.79. The largest absolute Gasteiger partial charge is 0.354 e. The fourth-order valence-corrected chi connectivity index (χ4v) is 3.17. The van der Waals surface area contributed by atoms with Crippen molar-refractivity contribution in [2.24, 2.45) is 0 Å². The van der Waals surface area contributed by atoms with Gasteiger partial charge in [0.1, 0.15) is 11.5 Å². The van der Waals surface area contributed by atoms with Crippen LogP contribution in [0, 0.1) is 0 Å². The molecule has 0 N–H and O–H groups in total. The van der Waals surface area contributed by atoms with E-state index in [-0.39, 0.29) is 0 Å². The maximum Gasteiger partial charge on any atom is 0.137 e. The highest BCUT2D eigenvalue weighted by Gasteiger charge is 2.18. The van der Waals surface area contributed by atoms with Crippen molar-refractivity contribution in [1.29, 1.82) is 0 Å². The van der Waals surface area contributed by atoms with Crippen LogP contribution >= 0.6 is 11.6 Å². The summed E-state index contributed by atoms with van der Waals surface area (Å²) in [6.45, 7) is 4.90. The third kappa shape index (κ3) is 3.16. The van der Waals surface area contributed by atoms with Crippen LogP contribution in [0.1, 0.15) is 5.69 Å². The Kier molecular flexibility index (Phi) is 3.89. The summed E-state index contributed by atoms with van der Waals surface area (Å²) >= 11 is 6.02. The Morgan fingerprint density at radius 3 is 2.65 bits per heavy atom. The van der Waals surface area contributed by atoms with E-state index in [0.717, 1.165) is 54.9 Å². The van der Waals surface area contributed by atoms with Crippen LogP contribution in [0.3, 0.4) is 0 Å². The van der Waals surface area contributed by atoms with Crippen LogP contribution in [0.4, 0.5) is 5.82 Å². The molecule has 4 heterocycles. The van der Waals surface area contributed by atoms with Crippen LogP contribution in [0.5, 0.6) is 0 Å². The summed E-state index contributed by atoms with van der Waals surface area (Å²) in [5.74, 6) is 1.06. The van der Waals surface area contributed by atoms with E-state index in [1.54, 1.807) is 0 Å². The maximum atomic E-state index is 6.02. The number of rotatable bonds is 3. The van der Waals surface area contributed by atoms with E-state index in [2.05, 4.69) is 32.0 Å². The van der Waals surface area contributed by atoms with Gasteiger partial charge in [0, 0.05) is 51.3 Å². The van der Waals surface area contributed by atoms with Gasteiger partial charge >= 0.3 is 0 Å². The van der Waals surface area contributed by atoms with Crippen molar-refractivity contribution >= 4 is 23.1 Å². The van der Waals surface area contributed by atoms with Crippen molar-refractivity contribution in [3.8, 4) is 0 Å². The predicted molar refractivity (Wildman–Crippen MR) is 91.9 cm³/mol. The first-order chi connectivity index (χ1) is 11.3. The highest BCUT2D eigenvalue weighted by molar-refractivity contribution is 6.30. The molecule has 0 aromatic carbocycles. The van der Waals surface area contributed by atoms with Gasteiger partial charge in [0.05, 0.1) is 10.7 Å². The molecular weight excluding hydrogens is 310 g/mol. The molecule has 0 saturated carbocycles. The van der Waals surface area contributed by atoms with Crippen molar-refractivity contribution in [1.82, 2.24) is 19.3 Å². The van der Waals surface area contributed by atoms with Crippen molar-refractivity contribution in [2.45, 2.75) is 6.54 Å². The number of piperazine rings is 1. The zero-order valence-electron chi connectivity index (χ0n) is 12.8. The second-order valence-corrected chi connectivity index (χ2v) is 6.23. The molecular formula is C17H18ClN5. The number of fused-ring (bicyclic) bond motifs is 1. The molecule has 4 rings (SSSR count). The van der Waals surface area contributed by atoms with E-state index in [1.807, 2.05) is 41.1 Å². The third-order valence-corrected chi connectivity index (χ3v) is 4.42. The Morgan fingerprint density at radius 2 is 1.87 bits per heavy atom. The van der Waals surface area contributed by atoms with Gasteiger partial charge < -0.3 is 9.30 Å². The van der Waals surface area contributed by atoms with Gasteiger partial charge in [0.25, 0.3) is 0 Å². The zero-order chi connectivity index (χ0) is 15.6. The number of hydrogen-bond acceptors (Lipinski definition) is 4. The smallest absolute Gasteiger partial charge is 0.137 e. The standard InChI is InChI=1S/C17H18ClN5/c18-14-4-5-17-20-15(13-23(17)11-14)12-21-7-9-22(10-8-21)16-3-1-2-6-19-16/h1-6,11,13H,7-10,12H2. The monoisotopic (exact) mass is 327 g/mol. The molecule has 1 fully saturated rings. The topological polar surface area (TPSA) is 36.7 Å². The van der Waals surface area contributed by atoms with Crippen molar-refractivity contribution in [3.05, 3.63) is 59.6 Å². The lowest BCUT2D eigenvalue weighted by atomic mass is 10.3. The van der Waals surface area contributed by atoms with Gasteiger partial charge in [-0.1, -0.05) is 17.7 Å². The normalized spacial score (nSPS) is 16.1. The quantitative estimate of drug-likeness (QED) is 0.741. The molecule has 3 aromatic rings. The van der Waals surface area contributed by atoms with E-state index in [4.69, 9.17) is 11.6 Å². The molecule has 3 aromatic heterocycles.